The minimum absolute atomic E-state index is 0.352. The molecule has 0 atom stereocenters. The van der Waals surface area contributed by atoms with Gasteiger partial charge in [-0.15, -0.1) is 0 Å². The fourth-order valence-electron chi connectivity index (χ4n) is 8.92. The number of aromatic nitrogens is 2. The summed E-state index contributed by atoms with van der Waals surface area (Å²) in [5, 5.41) is 8.74. The van der Waals surface area contributed by atoms with E-state index in [-0.39, 0.29) is 11.3 Å². The molecule has 12 aromatic rings. The topological polar surface area (TPSA) is 70.3 Å². The Bertz CT molecular complexity index is 3490. The first-order valence-electron chi connectivity index (χ1n) is 18.6. The van der Waals surface area contributed by atoms with Gasteiger partial charge in [0.2, 0.25) is 0 Å². The van der Waals surface area contributed by atoms with E-state index in [0.29, 0.717) is 21.9 Å². The monoisotopic (exact) mass is 720 g/mol. The summed E-state index contributed by atoms with van der Waals surface area (Å²) in [5.41, 5.74) is 8.19. The minimum atomic E-state index is -0.352. The van der Waals surface area contributed by atoms with E-state index in [0.717, 1.165) is 87.7 Å². The normalized spacial score (nSPS) is 12.1. The summed E-state index contributed by atoms with van der Waals surface area (Å²) in [6, 6.07) is 57.2. The number of nitrogens with zero attached hydrogens (tertiary/aromatic N) is 2. The Labute approximate surface area is 317 Å². The molecule has 4 aromatic heterocycles. The predicted molar refractivity (Wildman–Crippen MR) is 228 cm³/mol. The molecule has 0 saturated heterocycles. The zero-order chi connectivity index (χ0) is 37.1. The van der Waals surface area contributed by atoms with Gasteiger partial charge in [0, 0.05) is 43.7 Å². The van der Waals surface area contributed by atoms with Crippen LogP contribution in [0.25, 0.3) is 110 Å². The van der Waals surface area contributed by atoms with Crippen molar-refractivity contribution in [2.75, 3.05) is 0 Å². The second kappa shape index (κ2) is 11.4. The van der Waals surface area contributed by atoms with E-state index < -0.39 is 0 Å². The van der Waals surface area contributed by atoms with Gasteiger partial charge < -0.3 is 18.0 Å². The van der Waals surface area contributed by atoms with Crippen LogP contribution in [0.5, 0.6) is 0 Å². The highest BCUT2D eigenvalue weighted by atomic mass is 16.4. The van der Waals surface area contributed by atoms with Crippen molar-refractivity contribution in [2.45, 2.75) is 0 Å². The molecule has 0 radical (unpaired) electrons. The van der Waals surface area contributed by atoms with E-state index in [9.17, 15) is 9.59 Å². The van der Waals surface area contributed by atoms with Crippen molar-refractivity contribution in [1.29, 1.82) is 0 Å². The summed E-state index contributed by atoms with van der Waals surface area (Å²) in [5.74, 6) is 0. The van der Waals surface area contributed by atoms with Crippen molar-refractivity contribution in [2.24, 2.45) is 0 Å². The van der Waals surface area contributed by atoms with Gasteiger partial charge in [0.25, 0.3) is 0 Å². The summed E-state index contributed by atoms with van der Waals surface area (Å²) in [4.78, 5) is 26.8. The van der Waals surface area contributed by atoms with Crippen LogP contribution in [0.2, 0.25) is 0 Å². The first-order chi connectivity index (χ1) is 27.6. The van der Waals surface area contributed by atoms with Gasteiger partial charge in [0.15, 0.2) is 11.2 Å². The van der Waals surface area contributed by atoms with E-state index in [2.05, 4.69) is 94.1 Å². The largest absolute Gasteiger partial charge is 0.420 e. The van der Waals surface area contributed by atoms with Crippen LogP contribution in [0.3, 0.4) is 0 Å². The predicted octanol–water partition coefficient (Wildman–Crippen LogP) is 12.1. The standard InChI is InChI=1S/C50H28N2O4/c53-49-39-17-9-7-15-33(39)37-23-21-35-41-27-29(19-25-43(41)51(45(35)47(37)55-49)31-11-3-1-4-12-31)30-20-26-44-42(28-30)36-22-24-38-34-16-8-10-18-40(34)50(54)56-48(38)46(36)52(44)32-13-5-2-6-14-32/h1-28H. The molecule has 0 spiro atoms. The quantitative estimate of drug-likeness (QED) is 0.135. The van der Waals surface area contributed by atoms with Crippen LogP contribution in [-0.4, -0.2) is 9.13 Å². The van der Waals surface area contributed by atoms with Gasteiger partial charge in [0.05, 0.1) is 32.8 Å². The van der Waals surface area contributed by atoms with Crippen LogP contribution >= 0.6 is 0 Å². The molecule has 262 valence electrons. The highest BCUT2D eigenvalue weighted by Gasteiger charge is 2.22. The lowest BCUT2D eigenvalue weighted by atomic mass is 9.99. The average Bonchev–Trinajstić information content (AvgIpc) is 3.77. The number of para-hydroxylation sites is 2. The maximum atomic E-state index is 13.4. The molecule has 0 amide bonds. The van der Waals surface area contributed by atoms with Crippen LogP contribution in [0.15, 0.2) is 188 Å². The fraction of sp³-hybridized carbons (Fsp3) is 0. The number of rotatable bonds is 3. The van der Waals surface area contributed by atoms with Crippen molar-refractivity contribution in [3.63, 3.8) is 0 Å². The van der Waals surface area contributed by atoms with Crippen LogP contribution < -0.4 is 11.3 Å². The fourth-order valence-corrected chi connectivity index (χ4v) is 8.92. The molecule has 0 bridgehead atoms. The van der Waals surface area contributed by atoms with Crippen molar-refractivity contribution in [1.82, 2.24) is 9.13 Å². The molecule has 0 fully saturated rings. The van der Waals surface area contributed by atoms with Crippen molar-refractivity contribution in [3.05, 3.63) is 191 Å². The highest BCUT2D eigenvalue weighted by molar-refractivity contribution is 6.23. The third kappa shape index (κ3) is 4.21. The van der Waals surface area contributed by atoms with Gasteiger partial charge in [-0.2, -0.15) is 0 Å². The molecule has 6 nitrogen and oxygen atoms in total. The zero-order valence-electron chi connectivity index (χ0n) is 29.7. The summed E-state index contributed by atoms with van der Waals surface area (Å²) in [7, 11) is 0. The molecule has 0 unspecified atom stereocenters. The van der Waals surface area contributed by atoms with Crippen LogP contribution in [-0.2, 0) is 0 Å². The third-order valence-electron chi connectivity index (χ3n) is 11.4. The van der Waals surface area contributed by atoms with Gasteiger partial charge in [-0.25, -0.2) is 9.59 Å². The van der Waals surface area contributed by atoms with Gasteiger partial charge in [-0.3, -0.25) is 0 Å². The van der Waals surface area contributed by atoms with Crippen molar-refractivity contribution >= 4 is 87.1 Å². The van der Waals surface area contributed by atoms with E-state index >= 15 is 0 Å². The number of hydrogen-bond acceptors (Lipinski definition) is 4. The Kier molecular flexibility index (Phi) is 6.26. The molecule has 0 aliphatic heterocycles. The van der Waals surface area contributed by atoms with Crippen molar-refractivity contribution < 1.29 is 8.83 Å². The van der Waals surface area contributed by atoms with E-state index in [1.165, 1.54) is 0 Å². The highest BCUT2D eigenvalue weighted by Crippen LogP contribution is 2.42. The van der Waals surface area contributed by atoms with Gasteiger partial charge in [0.1, 0.15) is 0 Å². The smallest absolute Gasteiger partial charge is 0.344 e. The van der Waals surface area contributed by atoms with Crippen LogP contribution in [0, 0.1) is 0 Å². The maximum absolute atomic E-state index is 13.4. The van der Waals surface area contributed by atoms with Gasteiger partial charge >= 0.3 is 11.3 Å². The summed E-state index contributed by atoms with van der Waals surface area (Å²) >= 11 is 0. The molecular weight excluding hydrogens is 693 g/mol. The lowest BCUT2D eigenvalue weighted by Gasteiger charge is -2.10. The number of hydrogen-bond donors (Lipinski definition) is 0. The summed E-state index contributed by atoms with van der Waals surface area (Å²) < 4.78 is 16.8. The first kappa shape index (κ1) is 30.7. The maximum Gasteiger partial charge on any atom is 0.344 e. The molecule has 0 N–H and O–H groups in total. The summed E-state index contributed by atoms with van der Waals surface area (Å²) in [6.45, 7) is 0. The van der Waals surface area contributed by atoms with E-state index in [1.807, 2.05) is 84.9 Å². The second-order valence-electron chi connectivity index (χ2n) is 14.4. The van der Waals surface area contributed by atoms with Crippen LogP contribution in [0.1, 0.15) is 0 Å². The summed E-state index contributed by atoms with van der Waals surface area (Å²) in [6.07, 6.45) is 0. The third-order valence-corrected chi connectivity index (χ3v) is 11.4. The first-order valence-corrected chi connectivity index (χ1v) is 18.6. The van der Waals surface area contributed by atoms with Gasteiger partial charge in [-0.1, -0.05) is 97.1 Å². The lowest BCUT2D eigenvalue weighted by molar-refractivity contribution is 0.571. The second-order valence-corrected chi connectivity index (χ2v) is 14.4. The van der Waals surface area contributed by atoms with E-state index in [1.54, 1.807) is 0 Å². The lowest BCUT2D eigenvalue weighted by Crippen LogP contribution is -2.01. The Morgan fingerprint density at radius 1 is 0.321 bits per heavy atom. The molecule has 4 heterocycles. The van der Waals surface area contributed by atoms with Gasteiger partial charge in [-0.05, 0) is 94.7 Å². The van der Waals surface area contributed by atoms with Crippen LogP contribution in [0.4, 0.5) is 0 Å². The Balaban J connectivity index is 1.14. The molecule has 0 saturated carbocycles. The molecule has 6 heteroatoms. The number of benzene rings is 8. The zero-order valence-corrected chi connectivity index (χ0v) is 29.7. The van der Waals surface area contributed by atoms with E-state index in [4.69, 9.17) is 8.83 Å². The molecular formula is C50H28N2O4. The molecule has 56 heavy (non-hydrogen) atoms. The molecule has 8 aromatic carbocycles. The minimum Gasteiger partial charge on any atom is -0.420 e. The number of fused-ring (bicyclic) bond motifs is 14. The molecule has 12 rings (SSSR count). The SMILES string of the molecule is O=c1oc2c(ccc3c4cc(-c5ccc6c(c5)c5ccc7c8ccccc8c(=O)oc7c5n6-c5ccccc5)ccc4n(-c4ccccc4)c32)c2ccccc12. The molecule has 0 aliphatic carbocycles. The van der Waals surface area contributed by atoms with Crippen molar-refractivity contribution in [3.8, 4) is 22.5 Å². The Morgan fingerprint density at radius 3 is 1.12 bits per heavy atom. The Hall–Kier alpha value is -7.70. The Morgan fingerprint density at radius 2 is 0.696 bits per heavy atom. The average molecular weight is 721 g/mol. The molecule has 0 aliphatic rings.